The van der Waals surface area contributed by atoms with Crippen molar-refractivity contribution in [2.24, 2.45) is 7.05 Å². The standard InChI is InChI=1S/C11H15ClN4S/c1-8(9-3-4-10(12)17-9)13-6-5-11-15-14-7-16(11)2/h3-4,7-8,13H,5-6H2,1-2H3. The second kappa shape index (κ2) is 5.62. The molecule has 0 bridgehead atoms. The fourth-order valence-corrected chi connectivity index (χ4v) is 2.68. The lowest BCUT2D eigenvalue weighted by Gasteiger charge is -2.11. The number of nitrogens with zero attached hydrogens (tertiary/aromatic N) is 3. The van der Waals surface area contributed by atoms with Gasteiger partial charge in [-0.3, -0.25) is 0 Å². The molecule has 0 radical (unpaired) electrons. The smallest absolute Gasteiger partial charge is 0.133 e. The summed E-state index contributed by atoms with van der Waals surface area (Å²) in [5.74, 6) is 0.994. The minimum absolute atomic E-state index is 0.320. The van der Waals surface area contributed by atoms with Crippen LogP contribution in [0.15, 0.2) is 18.5 Å². The molecule has 0 spiro atoms. The zero-order valence-electron chi connectivity index (χ0n) is 9.85. The third kappa shape index (κ3) is 3.28. The maximum Gasteiger partial charge on any atom is 0.133 e. The molecule has 2 rings (SSSR count). The van der Waals surface area contributed by atoms with Crippen molar-refractivity contribution in [1.82, 2.24) is 20.1 Å². The van der Waals surface area contributed by atoms with Crippen molar-refractivity contribution in [2.45, 2.75) is 19.4 Å². The number of aromatic nitrogens is 3. The van der Waals surface area contributed by atoms with Crippen LogP contribution in [0.4, 0.5) is 0 Å². The highest BCUT2D eigenvalue weighted by atomic mass is 35.5. The molecule has 6 heteroatoms. The maximum absolute atomic E-state index is 5.91. The van der Waals surface area contributed by atoms with Gasteiger partial charge in [-0.2, -0.15) is 0 Å². The highest BCUT2D eigenvalue weighted by Gasteiger charge is 2.08. The van der Waals surface area contributed by atoms with E-state index < -0.39 is 0 Å². The molecule has 17 heavy (non-hydrogen) atoms. The van der Waals surface area contributed by atoms with E-state index in [0.717, 1.165) is 23.1 Å². The summed E-state index contributed by atoms with van der Waals surface area (Å²) in [6, 6.07) is 4.32. The zero-order chi connectivity index (χ0) is 12.3. The van der Waals surface area contributed by atoms with Crippen LogP contribution in [-0.2, 0) is 13.5 Å². The van der Waals surface area contributed by atoms with Crippen molar-refractivity contribution in [3.63, 3.8) is 0 Å². The molecule has 2 aromatic heterocycles. The van der Waals surface area contributed by atoms with E-state index in [0.29, 0.717) is 6.04 Å². The van der Waals surface area contributed by atoms with Crippen molar-refractivity contribution < 1.29 is 0 Å². The topological polar surface area (TPSA) is 42.7 Å². The van der Waals surface area contributed by atoms with Gasteiger partial charge in [0.25, 0.3) is 0 Å². The van der Waals surface area contributed by atoms with E-state index in [-0.39, 0.29) is 0 Å². The Hall–Kier alpha value is -0.910. The SMILES string of the molecule is CC(NCCc1nncn1C)c1ccc(Cl)s1. The summed E-state index contributed by atoms with van der Waals surface area (Å²) in [7, 11) is 1.96. The monoisotopic (exact) mass is 270 g/mol. The summed E-state index contributed by atoms with van der Waals surface area (Å²) in [6.07, 6.45) is 2.59. The molecule has 4 nitrogen and oxygen atoms in total. The van der Waals surface area contributed by atoms with Gasteiger partial charge in [-0.15, -0.1) is 21.5 Å². The van der Waals surface area contributed by atoms with E-state index in [1.807, 2.05) is 17.7 Å². The predicted molar refractivity (Wildman–Crippen MR) is 70.5 cm³/mol. The Morgan fingerprint density at radius 2 is 2.35 bits per heavy atom. The first-order valence-corrected chi connectivity index (χ1v) is 6.68. The van der Waals surface area contributed by atoms with E-state index in [1.165, 1.54) is 4.88 Å². The van der Waals surface area contributed by atoms with Crippen LogP contribution in [0.2, 0.25) is 4.34 Å². The van der Waals surface area contributed by atoms with Crippen LogP contribution < -0.4 is 5.32 Å². The summed E-state index contributed by atoms with van der Waals surface area (Å²) in [5.41, 5.74) is 0. The Morgan fingerprint density at radius 3 is 2.94 bits per heavy atom. The molecule has 0 aliphatic rings. The second-order valence-corrected chi connectivity index (χ2v) is 5.67. The first-order chi connectivity index (χ1) is 8.16. The van der Waals surface area contributed by atoms with Crippen molar-refractivity contribution in [3.8, 4) is 0 Å². The highest BCUT2D eigenvalue weighted by Crippen LogP contribution is 2.26. The van der Waals surface area contributed by atoms with Crippen LogP contribution in [0, 0.1) is 0 Å². The van der Waals surface area contributed by atoms with E-state index in [1.54, 1.807) is 17.7 Å². The van der Waals surface area contributed by atoms with Gasteiger partial charge in [-0.25, -0.2) is 0 Å². The summed E-state index contributed by atoms with van der Waals surface area (Å²) in [5, 5.41) is 11.3. The molecule has 0 fully saturated rings. The fourth-order valence-electron chi connectivity index (χ4n) is 1.60. The first-order valence-electron chi connectivity index (χ1n) is 5.48. The van der Waals surface area contributed by atoms with Crippen LogP contribution >= 0.6 is 22.9 Å². The molecule has 1 unspecified atom stereocenters. The number of thiophene rings is 1. The molecule has 1 N–H and O–H groups in total. The third-order valence-corrected chi connectivity index (χ3v) is 4.04. The molecule has 2 heterocycles. The second-order valence-electron chi connectivity index (χ2n) is 3.93. The Morgan fingerprint density at radius 1 is 1.53 bits per heavy atom. The van der Waals surface area contributed by atoms with Gasteiger partial charge in [0.1, 0.15) is 12.2 Å². The van der Waals surface area contributed by atoms with Gasteiger partial charge < -0.3 is 9.88 Å². The van der Waals surface area contributed by atoms with Gasteiger partial charge in [0.2, 0.25) is 0 Å². The minimum atomic E-state index is 0.320. The number of hydrogen-bond acceptors (Lipinski definition) is 4. The van der Waals surface area contributed by atoms with Gasteiger partial charge in [-0.05, 0) is 19.1 Å². The lowest BCUT2D eigenvalue weighted by atomic mass is 10.2. The number of aryl methyl sites for hydroxylation is 1. The summed E-state index contributed by atoms with van der Waals surface area (Å²) < 4.78 is 2.77. The first kappa shape index (κ1) is 12.5. The van der Waals surface area contributed by atoms with Crippen molar-refractivity contribution in [1.29, 1.82) is 0 Å². The van der Waals surface area contributed by atoms with Crippen LogP contribution in [0.25, 0.3) is 0 Å². The zero-order valence-corrected chi connectivity index (χ0v) is 11.4. The average Bonchev–Trinajstić information content (AvgIpc) is 2.88. The summed E-state index contributed by atoms with van der Waals surface area (Å²) in [4.78, 5) is 1.26. The van der Waals surface area contributed by atoms with Crippen LogP contribution in [0.1, 0.15) is 23.7 Å². The molecule has 0 aliphatic heterocycles. The lowest BCUT2D eigenvalue weighted by molar-refractivity contribution is 0.571. The van der Waals surface area contributed by atoms with Gasteiger partial charge in [0.15, 0.2) is 0 Å². The molecular formula is C11H15ClN4S. The molecule has 1 atom stereocenters. The van der Waals surface area contributed by atoms with E-state index >= 15 is 0 Å². The maximum atomic E-state index is 5.91. The number of rotatable bonds is 5. The van der Waals surface area contributed by atoms with Crippen molar-refractivity contribution in [2.75, 3.05) is 6.54 Å². The normalized spacial score (nSPS) is 12.9. The van der Waals surface area contributed by atoms with Gasteiger partial charge in [0.05, 0.1) is 4.34 Å². The van der Waals surface area contributed by atoms with Crippen molar-refractivity contribution in [3.05, 3.63) is 33.5 Å². The molecule has 2 aromatic rings. The van der Waals surface area contributed by atoms with Crippen LogP contribution in [0.3, 0.4) is 0 Å². The molecule has 0 saturated heterocycles. The highest BCUT2D eigenvalue weighted by molar-refractivity contribution is 7.16. The minimum Gasteiger partial charge on any atom is -0.321 e. The number of halogens is 1. The lowest BCUT2D eigenvalue weighted by Crippen LogP contribution is -2.21. The predicted octanol–water partition coefficient (Wildman–Crippen LogP) is 2.42. The average molecular weight is 271 g/mol. The van der Waals surface area contributed by atoms with Gasteiger partial charge in [-0.1, -0.05) is 11.6 Å². The largest absolute Gasteiger partial charge is 0.321 e. The van der Waals surface area contributed by atoms with Crippen LogP contribution in [0.5, 0.6) is 0 Å². The number of hydrogen-bond donors (Lipinski definition) is 1. The number of nitrogens with one attached hydrogen (secondary N) is 1. The van der Waals surface area contributed by atoms with Crippen LogP contribution in [-0.4, -0.2) is 21.3 Å². The fraction of sp³-hybridized carbons (Fsp3) is 0.455. The van der Waals surface area contributed by atoms with E-state index in [4.69, 9.17) is 11.6 Å². The Labute approximate surface area is 110 Å². The molecule has 0 saturated carbocycles. The Bertz CT molecular complexity index is 479. The Balaban J connectivity index is 1.81. The summed E-state index contributed by atoms with van der Waals surface area (Å²) >= 11 is 7.53. The van der Waals surface area contributed by atoms with Gasteiger partial charge in [0, 0.05) is 30.9 Å². The van der Waals surface area contributed by atoms with Crippen molar-refractivity contribution >= 4 is 22.9 Å². The quantitative estimate of drug-likeness (QED) is 0.907. The molecule has 92 valence electrons. The molecular weight excluding hydrogens is 256 g/mol. The van der Waals surface area contributed by atoms with E-state index in [9.17, 15) is 0 Å². The van der Waals surface area contributed by atoms with Gasteiger partial charge >= 0.3 is 0 Å². The Kier molecular flexibility index (Phi) is 4.15. The third-order valence-electron chi connectivity index (χ3n) is 2.63. The molecule has 0 aliphatic carbocycles. The molecule has 0 aromatic carbocycles. The molecule has 0 amide bonds. The van der Waals surface area contributed by atoms with E-state index in [2.05, 4.69) is 28.5 Å². The summed E-state index contributed by atoms with van der Waals surface area (Å²) in [6.45, 7) is 3.02.